The molecule has 0 radical (unpaired) electrons. The smallest absolute Gasteiger partial charge is 0.378 e. The molecule has 1 aliphatic rings. The van der Waals surface area contributed by atoms with Crippen LogP contribution in [0.25, 0.3) is 0 Å². The summed E-state index contributed by atoms with van der Waals surface area (Å²) in [6.45, 7) is -1.05. The number of alkyl halides is 9. The highest BCUT2D eigenvalue weighted by Gasteiger charge is 2.81. The molecular formula is C9H9F9O2. The average Bonchev–Trinajstić information content (AvgIpc) is 3.06. The van der Waals surface area contributed by atoms with Gasteiger partial charge in [-0.15, -0.1) is 0 Å². The van der Waals surface area contributed by atoms with E-state index in [1.165, 1.54) is 0 Å². The molecule has 1 aliphatic heterocycles. The third kappa shape index (κ3) is 3.30. The van der Waals surface area contributed by atoms with Crippen LogP contribution in [0.1, 0.15) is 6.42 Å². The molecule has 0 spiro atoms. The van der Waals surface area contributed by atoms with Gasteiger partial charge in [-0.2, -0.15) is 39.5 Å². The Bertz CT molecular complexity index is 335. The molecule has 0 aromatic rings. The molecule has 1 rings (SSSR count). The van der Waals surface area contributed by atoms with Crippen molar-refractivity contribution in [3.63, 3.8) is 0 Å². The van der Waals surface area contributed by atoms with E-state index in [2.05, 4.69) is 9.47 Å². The number of hydrogen-bond acceptors (Lipinski definition) is 2. The molecule has 20 heavy (non-hydrogen) atoms. The monoisotopic (exact) mass is 320 g/mol. The van der Waals surface area contributed by atoms with Gasteiger partial charge in [0.15, 0.2) is 0 Å². The summed E-state index contributed by atoms with van der Waals surface area (Å²) in [4.78, 5) is 0. The van der Waals surface area contributed by atoms with Crippen LogP contribution in [0.4, 0.5) is 39.5 Å². The SMILES string of the molecule is FC(F)(F)C(F)(F)C(F)(F)C(F)(F)CCOCC1CO1. The number of ether oxygens (including phenoxy) is 2. The lowest BCUT2D eigenvalue weighted by Crippen LogP contribution is -2.61. The minimum atomic E-state index is -6.84. The van der Waals surface area contributed by atoms with E-state index >= 15 is 0 Å². The van der Waals surface area contributed by atoms with Crippen LogP contribution < -0.4 is 0 Å². The van der Waals surface area contributed by atoms with Crippen molar-refractivity contribution in [2.75, 3.05) is 19.8 Å². The van der Waals surface area contributed by atoms with E-state index in [1.807, 2.05) is 0 Å². The van der Waals surface area contributed by atoms with Gasteiger partial charge in [-0.3, -0.25) is 0 Å². The highest BCUT2D eigenvalue weighted by atomic mass is 19.4. The molecule has 1 unspecified atom stereocenters. The molecule has 11 heteroatoms. The maximum absolute atomic E-state index is 12.9. The van der Waals surface area contributed by atoms with Crippen LogP contribution in [-0.2, 0) is 9.47 Å². The molecule has 1 heterocycles. The van der Waals surface area contributed by atoms with Gasteiger partial charge in [0.2, 0.25) is 0 Å². The van der Waals surface area contributed by atoms with E-state index in [4.69, 9.17) is 0 Å². The van der Waals surface area contributed by atoms with Crippen molar-refractivity contribution in [1.82, 2.24) is 0 Å². The second-order valence-corrected chi connectivity index (χ2v) is 4.13. The van der Waals surface area contributed by atoms with Crippen LogP contribution in [0, 0.1) is 0 Å². The van der Waals surface area contributed by atoms with Gasteiger partial charge in [0.05, 0.1) is 19.8 Å². The summed E-state index contributed by atoms with van der Waals surface area (Å²) in [5.41, 5.74) is 0. The predicted molar refractivity (Wildman–Crippen MR) is 46.1 cm³/mol. The minimum absolute atomic E-state index is 0.225. The first-order chi connectivity index (χ1) is 8.83. The number of epoxide rings is 1. The largest absolute Gasteiger partial charge is 0.460 e. The standard InChI is InChI=1S/C9H9F9O2/c10-6(11,1-2-19-3-5-4-20-5)7(12,13)8(14,15)9(16,17)18/h5H,1-4H2. The van der Waals surface area contributed by atoms with Crippen molar-refractivity contribution in [3.05, 3.63) is 0 Å². The van der Waals surface area contributed by atoms with Crippen LogP contribution in [0.3, 0.4) is 0 Å². The highest BCUT2D eigenvalue weighted by molar-refractivity contribution is 5.00. The lowest BCUT2D eigenvalue weighted by Gasteiger charge is -2.33. The van der Waals surface area contributed by atoms with E-state index < -0.39 is 37.0 Å². The summed E-state index contributed by atoms with van der Waals surface area (Å²) in [5, 5.41) is 0. The van der Waals surface area contributed by atoms with Crippen LogP contribution in [-0.4, -0.2) is 49.9 Å². The Hall–Kier alpha value is -0.710. The Kier molecular flexibility index (Phi) is 4.55. The third-order valence-corrected chi connectivity index (χ3v) is 2.48. The van der Waals surface area contributed by atoms with Crippen LogP contribution in [0.15, 0.2) is 0 Å². The molecule has 0 aliphatic carbocycles. The molecule has 0 amide bonds. The van der Waals surface area contributed by atoms with E-state index in [9.17, 15) is 39.5 Å². The quantitative estimate of drug-likeness (QED) is 0.408. The van der Waals surface area contributed by atoms with Gasteiger partial charge in [0, 0.05) is 6.42 Å². The molecule has 1 fully saturated rings. The topological polar surface area (TPSA) is 21.8 Å². The Balaban J connectivity index is 2.66. The first-order valence-electron chi connectivity index (χ1n) is 5.22. The number of hydrogen-bond donors (Lipinski definition) is 0. The molecule has 0 N–H and O–H groups in total. The maximum atomic E-state index is 12.9. The van der Waals surface area contributed by atoms with Crippen LogP contribution >= 0.6 is 0 Å². The van der Waals surface area contributed by atoms with E-state index in [-0.39, 0.29) is 19.3 Å². The second kappa shape index (κ2) is 5.24. The fourth-order valence-electron chi connectivity index (χ4n) is 1.14. The molecule has 1 saturated heterocycles. The number of halogens is 9. The minimum Gasteiger partial charge on any atom is -0.378 e. The van der Waals surface area contributed by atoms with Gasteiger partial charge in [0.1, 0.15) is 6.10 Å². The molecule has 0 bridgehead atoms. The molecule has 0 aromatic heterocycles. The maximum Gasteiger partial charge on any atom is 0.460 e. The number of rotatable bonds is 7. The van der Waals surface area contributed by atoms with E-state index in [0.29, 0.717) is 0 Å². The Morgan fingerprint density at radius 3 is 1.80 bits per heavy atom. The van der Waals surface area contributed by atoms with Crippen molar-refractivity contribution in [2.45, 2.75) is 36.5 Å². The summed E-state index contributed by atoms with van der Waals surface area (Å²) in [7, 11) is 0. The molecule has 0 aromatic carbocycles. The van der Waals surface area contributed by atoms with Crippen LogP contribution in [0.5, 0.6) is 0 Å². The summed E-state index contributed by atoms with van der Waals surface area (Å²) in [6.07, 6.45) is -9.15. The third-order valence-electron chi connectivity index (χ3n) is 2.48. The fraction of sp³-hybridized carbons (Fsp3) is 1.00. The van der Waals surface area contributed by atoms with Crippen molar-refractivity contribution < 1.29 is 49.0 Å². The van der Waals surface area contributed by atoms with Gasteiger partial charge >= 0.3 is 23.9 Å². The zero-order valence-corrected chi connectivity index (χ0v) is 9.62. The van der Waals surface area contributed by atoms with E-state index in [1.54, 1.807) is 0 Å². The summed E-state index contributed by atoms with van der Waals surface area (Å²) < 4.78 is 121. The zero-order valence-electron chi connectivity index (χ0n) is 9.62. The summed E-state index contributed by atoms with van der Waals surface area (Å²) >= 11 is 0. The van der Waals surface area contributed by atoms with Gasteiger partial charge in [-0.1, -0.05) is 0 Å². The van der Waals surface area contributed by atoms with Gasteiger partial charge in [0.25, 0.3) is 0 Å². The van der Waals surface area contributed by atoms with Crippen molar-refractivity contribution in [1.29, 1.82) is 0 Å². The lowest BCUT2D eigenvalue weighted by atomic mass is 10.0. The van der Waals surface area contributed by atoms with Crippen molar-refractivity contribution in [3.8, 4) is 0 Å². The van der Waals surface area contributed by atoms with Crippen LogP contribution in [0.2, 0.25) is 0 Å². The predicted octanol–water partition coefficient (Wildman–Crippen LogP) is 3.26. The molecule has 120 valence electrons. The average molecular weight is 320 g/mol. The van der Waals surface area contributed by atoms with Crippen molar-refractivity contribution >= 4 is 0 Å². The Labute approximate surface area is 106 Å². The zero-order chi connectivity index (χ0) is 15.8. The lowest BCUT2D eigenvalue weighted by molar-refractivity contribution is -0.397. The molecule has 0 saturated carbocycles. The Morgan fingerprint density at radius 1 is 0.900 bits per heavy atom. The van der Waals surface area contributed by atoms with Gasteiger partial charge in [-0.25, -0.2) is 0 Å². The van der Waals surface area contributed by atoms with Crippen molar-refractivity contribution in [2.24, 2.45) is 0 Å². The molecule has 2 nitrogen and oxygen atoms in total. The highest BCUT2D eigenvalue weighted by Crippen LogP contribution is 2.53. The first kappa shape index (κ1) is 17.3. The first-order valence-corrected chi connectivity index (χ1v) is 5.22. The van der Waals surface area contributed by atoms with E-state index in [0.717, 1.165) is 0 Å². The van der Waals surface area contributed by atoms with Gasteiger partial charge < -0.3 is 9.47 Å². The normalized spacial score (nSPS) is 21.1. The molecular weight excluding hydrogens is 311 g/mol. The summed E-state index contributed by atoms with van der Waals surface area (Å²) in [6, 6.07) is 0. The molecule has 1 atom stereocenters. The summed E-state index contributed by atoms with van der Waals surface area (Å²) in [5.74, 6) is -19.0. The van der Waals surface area contributed by atoms with Gasteiger partial charge in [-0.05, 0) is 0 Å². The fourth-order valence-corrected chi connectivity index (χ4v) is 1.14. The Morgan fingerprint density at radius 2 is 1.40 bits per heavy atom. The second-order valence-electron chi connectivity index (χ2n) is 4.13.